The van der Waals surface area contributed by atoms with Crippen molar-refractivity contribution >= 4 is 17.2 Å². The summed E-state index contributed by atoms with van der Waals surface area (Å²) in [6.07, 6.45) is 9.49. The van der Waals surface area contributed by atoms with Gasteiger partial charge in [-0.15, -0.1) is 0 Å². The summed E-state index contributed by atoms with van der Waals surface area (Å²) < 4.78 is 13.8. The van der Waals surface area contributed by atoms with Crippen LogP contribution in [0.25, 0.3) is 17.0 Å². The van der Waals surface area contributed by atoms with E-state index in [1.165, 1.54) is 41.8 Å². The van der Waals surface area contributed by atoms with E-state index in [9.17, 15) is 4.39 Å². The predicted molar refractivity (Wildman–Crippen MR) is 125 cm³/mol. The number of benzene rings is 1. The molecular weight excluding hydrogens is 401 g/mol. The summed E-state index contributed by atoms with van der Waals surface area (Å²) >= 11 is 0. The molecule has 3 heterocycles. The normalized spacial score (nSPS) is 19.8. The third-order valence-electron chi connectivity index (χ3n) is 6.88. The second kappa shape index (κ2) is 8.01. The van der Waals surface area contributed by atoms with E-state index in [-0.39, 0.29) is 5.82 Å². The first kappa shape index (κ1) is 19.4. The van der Waals surface area contributed by atoms with Crippen molar-refractivity contribution in [3.05, 3.63) is 71.3 Å². The Hall–Kier alpha value is -3.28. The second-order valence-corrected chi connectivity index (χ2v) is 9.02. The van der Waals surface area contributed by atoms with Gasteiger partial charge in [0.25, 0.3) is 0 Å². The van der Waals surface area contributed by atoms with Crippen molar-refractivity contribution < 1.29 is 4.39 Å². The third kappa shape index (κ3) is 3.64. The van der Waals surface area contributed by atoms with Crippen LogP contribution < -0.4 is 10.2 Å². The van der Waals surface area contributed by atoms with E-state index >= 15 is 0 Å². The number of nitrogens with one attached hydrogen (secondary N) is 1. The van der Waals surface area contributed by atoms with E-state index in [1.54, 1.807) is 11.8 Å². The van der Waals surface area contributed by atoms with Crippen molar-refractivity contribution in [2.45, 2.75) is 44.6 Å². The Kier molecular flexibility index (Phi) is 4.86. The summed E-state index contributed by atoms with van der Waals surface area (Å²) in [6, 6.07) is 12.6. The van der Waals surface area contributed by atoms with Gasteiger partial charge in [0.15, 0.2) is 5.82 Å². The molecule has 1 saturated heterocycles. The largest absolute Gasteiger partial charge is 0.367 e. The molecule has 32 heavy (non-hydrogen) atoms. The molecular formula is C26H26FN5. The molecule has 162 valence electrons. The number of pyridine rings is 1. The van der Waals surface area contributed by atoms with Crippen LogP contribution in [-0.4, -0.2) is 34.1 Å². The quantitative estimate of drug-likeness (QED) is 0.616. The lowest BCUT2D eigenvalue weighted by Gasteiger charge is -2.27. The number of hydrogen-bond acceptors (Lipinski definition) is 5. The van der Waals surface area contributed by atoms with Crippen LogP contribution in [0.4, 0.5) is 16.0 Å². The minimum Gasteiger partial charge on any atom is -0.367 e. The number of aromatic nitrogens is 3. The van der Waals surface area contributed by atoms with E-state index in [0.29, 0.717) is 17.4 Å². The molecule has 2 aromatic heterocycles. The van der Waals surface area contributed by atoms with Gasteiger partial charge in [-0.25, -0.2) is 14.4 Å². The summed E-state index contributed by atoms with van der Waals surface area (Å²) in [5, 5.41) is 3.69. The fraction of sp³-hybridized carbons (Fsp3) is 0.346. The molecule has 6 rings (SSSR count). The molecule has 0 amide bonds. The molecule has 0 saturated carbocycles. The Labute approximate surface area is 187 Å². The molecule has 3 aliphatic rings. The SMILES string of the molecule is Fc1cncc(-c2nc(N[C@@H]3CCC4=C(C3)c3ccccc3C4)cc(N3CCCC3)n2)c1. The van der Waals surface area contributed by atoms with Gasteiger partial charge in [0.05, 0.1) is 6.20 Å². The standard InChI is InChI=1S/C26H26FN5/c27-20-12-19(15-28-16-20)26-30-24(14-25(31-26)32-9-3-4-10-32)29-21-8-7-18-11-17-5-1-2-6-22(17)23(18)13-21/h1-2,5-6,12,14-16,21H,3-4,7-11,13H2,(H,29,30,31)/t21-/m1/s1. The Morgan fingerprint density at radius 2 is 1.91 bits per heavy atom. The first-order valence-corrected chi connectivity index (χ1v) is 11.5. The number of allylic oxidation sites excluding steroid dienone is 1. The fourth-order valence-corrected chi connectivity index (χ4v) is 5.30. The number of fused-ring (bicyclic) bond motifs is 2. The van der Waals surface area contributed by atoms with Crippen molar-refractivity contribution in [2.75, 3.05) is 23.3 Å². The van der Waals surface area contributed by atoms with Crippen molar-refractivity contribution in [1.29, 1.82) is 0 Å². The van der Waals surface area contributed by atoms with E-state index < -0.39 is 0 Å². The van der Waals surface area contributed by atoms with Crippen LogP contribution in [0.15, 0.2) is 54.4 Å². The Morgan fingerprint density at radius 3 is 2.78 bits per heavy atom. The molecule has 6 heteroatoms. The molecule has 1 aromatic carbocycles. The van der Waals surface area contributed by atoms with E-state index in [4.69, 9.17) is 9.97 Å². The van der Waals surface area contributed by atoms with Gasteiger partial charge < -0.3 is 10.2 Å². The van der Waals surface area contributed by atoms with Gasteiger partial charge in [0.2, 0.25) is 0 Å². The molecule has 0 spiro atoms. The average molecular weight is 428 g/mol. The molecule has 1 atom stereocenters. The molecule has 3 aromatic rings. The van der Waals surface area contributed by atoms with Gasteiger partial charge in [0, 0.05) is 37.0 Å². The monoisotopic (exact) mass is 427 g/mol. The van der Waals surface area contributed by atoms with Crippen LogP contribution in [0.1, 0.15) is 43.2 Å². The van der Waals surface area contributed by atoms with E-state index in [0.717, 1.165) is 50.4 Å². The topological polar surface area (TPSA) is 53.9 Å². The Bertz CT molecular complexity index is 1200. The lowest BCUT2D eigenvalue weighted by atomic mass is 9.88. The smallest absolute Gasteiger partial charge is 0.165 e. The van der Waals surface area contributed by atoms with E-state index in [2.05, 4.69) is 39.5 Å². The van der Waals surface area contributed by atoms with Gasteiger partial charge in [0.1, 0.15) is 17.5 Å². The summed E-state index contributed by atoms with van der Waals surface area (Å²) in [6.45, 7) is 1.99. The maximum Gasteiger partial charge on any atom is 0.165 e. The fourth-order valence-electron chi connectivity index (χ4n) is 5.30. The molecule has 0 radical (unpaired) electrons. The zero-order valence-corrected chi connectivity index (χ0v) is 18.0. The third-order valence-corrected chi connectivity index (χ3v) is 6.88. The molecule has 0 unspecified atom stereocenters. The Morgan fingerprint density at radius 1 is 1.03 bits per heavy atom. The number of nitrogens with zero attached hydrogens (tertiary/aromatic N) is 4. The van der Waals surface area contributed by atoms with Crippen molar-refractivity contribution in [3.8, 4) is 11.4 Å². The maximum atomic E-state index is 13.8. The number of anilines is 2. The predicted octanol–water partition coefficient (Wildman–Crippen LogP) is 5.25. The minimum absolute atomic E-state index is 0.319. The number of hydrogen-bond donors (Lipinski definition) is 1. The molecule has 2 aliphatic carbocycles. The minimum atomic E-state index is -0.376. The summed E-state index contributed by atoms with van der Waals surface area (Å²) in [4.78, 5) is 15.8. The Balaban J connectivity index is 1.30. The lowest BCUT2D eigenvalue weighted by Crippen LogP contribution is -2.25. The van der Waals surface area contributed by atoms with Gasteiger partial charge >= 0.3 is 0 Å². The van der Waals surface area contributed by atoms with Crippen LogP contribution in [0.5, 0.6) is 0 Å². The first-order valence-electron chi connectivity index (χ1n) is 11.5. The van der Waals surface area contributed by atoms with Crippen LogP contribution >= 0.6 is 0 Å². The average Bonchev–Trinajstić information content (AvgIpc) is 3.47. The summed E-state index contributed by atoms with van der Waals surface area (Å²) in [5.74, 6) is 1.85. The van der Waals surface area contributed by atoms with Crippen LogP contribution in [0.3, 0.4) is 0 Å². The molecule has 0 bridgehead atoms. The highest BCUT2D eigenvalue weighted by Gasteiger charge is 2.28. The lowest BCUT2D eigenvalue weighted by molar-refractivity contribution is 0.621. The maximum absolute atomic E-state index is 13.8. The number of halogens is 1. The van der Waals surface area contributed by atoms with Crippen molar-refractivity contribution in [1.82, 2.24) is 15.0 Å². The first-order chi connectivity index (χ1) is 15.7. The van der Waals surface area contributed by atoms with Crippen LogP contribution in [0.2, 0.25) is 0 Å². The van der Waals surface area contributed by atoms with Crippen molar-refractivity contribution in [2.24, 2.45) is 0 Å². The van der Waals surface area contributed by atoms with Gasteiger partial charge in [-0.05, 0) is 61.3 Å². The molecule has 1 fully saturated rings. The zero-order chi connectivity index (χ0) is 21.5. The highest BCUT2D eigenvalue weighted by molar-refractivity contribution is 5.78. The molecule has 5 nitrogen and oxygen atoms in total. The molecule has 1 aliphatic heterocycles. The highest BCUT2D eigenvalue weighted by Crippen LogP contribution is 2.42. The summed E-state index contributed by atoms with van der Waals surface area (Å²) in [7, 11) is 0. The van der Waals surface area contributed by atoms with Crippen LogP contribution in [0, 0.1) is 5.82 Å². The molecule has 1 N–H and O–H groups in total. The van der Waals surface area contributed by atoms with Crippen LogP contribution in [-0.2, 0) is 6.42 Å². The van der Waals surface area contributed by atoms with E-state index in [1.807, 2.05) is 6.07 Å². The highest BCUT2D eigenvalue weighted by atomic mass is 19.1. The summed E-state index contributed by atoms with van der Waals surface area (Å²) in [5.41, 5.74) is 6.58. The van der Waals surface area contributed by atoms with Gasteiger partial charge in [-0.3, -0.25) is 4.98 Å². The van der Waals surface area contributed by atoms with Gasteiger partial charge in [-0.1, -0.05) is 29.8 Å². The second-order valence-electron chi connectivity index (χ2n) is 9.02. The van der Waals surface area contributed by atoms with Crippen molar-refractivity contribution in [3.63, 3.8) is 0 Å². The zero-order valence-electron chi connectivity index (χ0n) is 18.0. The van der Waals surface area contributed by atoms with Gasteiger partial charge in [-0.2, -0.15) is 0 Å². The number of rotatable bonds is 4.